The van der Waals surface area contributed by atoms with Crippen LogP contribution in [0.4, 0.5) is 0 Å². The highest BCUT2D eigenvalue weighted by Crippen LogP contribution is 2.34. The van der Waals surface area contributed by atoms with Gasteiger partial charge in [-0.05, 0) is 25.0 Å². The molecule has 0 saturated heterocycles. The van der Waals surface area contributed by atoms with Crippen molar-refractivity contribution in [1.82, 2.24) is 15.5 Å². The third kappa shape index (κ3) is 4.14. The maximum atomic E-state index is 12.5. The molecule has 1 aliphatic carbocycles. The van der Waals surface area contributed by atoms with Crippen LogP contribution in [-0.4, -0.2) is 55.1 Å². The zero-order valence-corrected chi connectivity index (χ0v) is 16.2. The van der Waals surface area contributed by atoms with Crippen molar-refractivity contribution >= 4 is 30.1 Å². The summed E-state index contributed by atoms with van der Waals surface area (Å²) in [6.07, 6.45) is 3.22. The van der Waals surface area contributed by atoms with Crippen molar-refractivity contribution in [2.45, 2.75) is 30.4 Å². The van der Waals surface area contributed by atoms with Gasteiger partial charge in [-0.1, -0.05) is 0 Å². The predicted octanol–water partition coefficient (Wildman–Crippen LogP) is 0.296. The Bertz CT molecular complexity index is 770. The second-order valence-corrected chi connectivity index (χ2v) is 7.01. The first-order valence-corrected chi connectivity index (χ1v) is 9.19. The molecular formula is C18H24N4O4S. The molecular weight excluding hydrogens is 368 g/mol. The molecule has 0 radical (unpaired) electrons. The van der Waals surface area contributed by atoms with E-state index in [4.69, 9.17) is 15.2 Å². The van der Waals surface area contributed by atoms with Gasteiger partial charge in [0.15, 0.2) is 0 Å². The molecule has 3 rings (SSSR count). The lowest BCUT2D eigenvalue weighted by Crippen LogP contribution is -2.57. The van der Waals surface area contributed by atoms with Crippen LogP contribution in [0.1, 0.15) is 18.4 Å². The minimum Gasteiger partial charge on any atom is -0.497 e. The number of hydrogen-bond donors (Lipinski definition) is 4. The number of benzene rings is 1. The normalized spacial score (nSPS) is 24.4. The highest BCUT2D eigenvalue weighted by molar-refractivity contribution is 7.80. The molecule has 1 aromatic rings. The van der Waals surface area contributed by atoms with Gasteiger partial charge in [-0.25, -0.2) is 0 Å². The third-order valence-electron chi connectivity index (χ3n) is 4.82. The van der Waals surface area contributed by atoms with Crippen LogP contribution in [0.15, 0.2) is 24.3 Å². The van der Waals surface area contributed by atoms with Gasteiger partial charge < -0.3 is 30.7 Å². The molecule has 1 saturated carbocycles. The Kier molecular flexibility index (Phi) is 5.81. The van der Waals surface area contributed by atoms with E-state index in [9.17, 15) is 9.59 Å². The first-order valence-electron chi connectivity index (χ1n) is 8.67. The number of ether oxygens (including phenoxy) is 2. The van der Waals surface area contributed by atoms with E-state index >= 15 is 0 Å². The van der Waals surface area contributed by atoms with E-state index in [1.54, 1.807) is 30.2 Å². The minimum absolute atomic E-state index is 0.00139. The highest BCUT2D eigenvalue weighted by Gasteiger charge is 2.32. The maximum Gasteiger partial charge on any atom is 0.248 e. The van der Waals surface area contributed by atoms with Gasteiger partial charge in [0.05, 0.1) is 26.5 Å². The molecule has 9 heteroatoms. The van der Waals surface area contributed by atoms with Crippen LogP contribution < -0.4 is 25.8 Å². The standard InChI is InChI=1S/C18H24N4O4S/c1-25-10-3-4-11(15(7-10)26-2)14-8-16(23)21-18(27)22(14)9-17(24)20-13-6-5-12(13)19/h3-4,7-8,12-13,18,27H,5-6,9,19H2,1-2H3,(H,20,24)(H,21,23)/t12-,13-,18?/m0/s1. The van der Waals surface area contributed by atoms with Crippen LogP contribution >= 0.6 is 12.6 Å². The Hall–Kier alpha value is -2.39. The molecule has 3 atom stereocenters. The van der Waals surface area contributed by atoms with Crippen molar-refractivity contribution in [1.29, 1.82) is 0 Å². The molecule has 0 spiro atoms. The molecule has 0 bridgehead atoms. The molecule has 2 aliphatic rings. The van der Waals surface area contributed by atoms with Crippen LogP contribution in [0.3, 0.4) is 0 Å². The fourth-order valence-corrected chi connectivity index (χ4v) is 3.45. The van der Waals surface area contributed by atoms with Crippen LogP contribution in [0, 0.1) is 0 Å². The number of nitrogens with zero attached hydrogens (tertiary/aromatic N) is 1. The van der Waals surface area contributed by atoms with Crippen molar-refractivity contribution < 1.29 is 19.1 Å². The molecule has 1 heterocycles. The van der Waals surface area contributed by atoms with Gasteiger partial charge in [-0.3, -0.25) is 9.59 Å². The summed E-state index contributed by atoms with van der Waals surface area (Å²) in [6.45, 7) is 0.0265. The molecule has 146 valence electrons. The largest absolute Gasteiger partial charge is 0.497 e. The summed E-state index contributed by atoms with van der Waals surface area (Å²) < 4.78 is 10.7. The third-order valence-corrected chi connectivity index (χ3v) is 5.22. The lowest BCUT2D eigenvalue weighted by atomic mass is 9.87. The number of carbonyl (C=O) groups excluding carboxylic acids is 2. The molecule has 8 nitrogen and oxygen atoms in total. The quantitative estimate of drug-likeness (QED) is 0.519. The van der Waals surface area contributed by atoms with E-state index in [1.165, 1.54) is 13.2 Å². The van der Waals surface area contributed by atoms with Crippen LogP contribution in [0.2, 0.25) is 0 Å². The summed E-state index contributed by atoms with van der Waals surface area (Å²) in [6, 6.07) is 5.28. The van der Waals surface area contributed by atoms with Crippen molar-refractivity contribution in [2.24, 2.45) is 5.73 Å². The average Bonchev–Trinajstić information content (AvgIpc) is 2.66. The number of amides is 2. The number of thiol groups is 1. The Morgan fingerprint density at radius 1 is 1.37 bits per heavy atom. The summed E-state index contributed by atoms with van der Waals surface area (Å²) in [7, 11) is 3.10. The fourth-order valence-electron chi connectivity index (χ4n) is 3.11. The number of rotatable bonds is 6. The van der Waals surface area contributed by atoms with Crippen LogP contribution in [0.5, 0.6) is 11.5 Å². The number of hydrogen-bond acceptors (Lipinski definition) is 7. The van der Waals surface area contributed by atoms with Gasteiger partial charge >= 0.3 is 0 Å². The summed E-state index contributed by atoms with van der Waals surface area (Å²) in [5.41, 5.74) is 6.46. The minimum atomic E-state index is -0.648. The van der Waals surface area contributed by atoms with Gasteiger partial charge in [-0.15, -0.1) is 12.6 Å². The molecule has 4 N–H and O–H groups in total. The summed E-state index contributed by atoms with van der Waals surface area (Å²) in [5, 5.41) is 5.62. The maximum absolute atomic E-state index is 12.5. The van der Waals surface area contributed by atoms with E-state index < -0.39 is 5.50 Å². The van der Waals surface area contributed by atoms with Gasteiger partial charge in [0.2, 0.25) is 11.8 Å². The van der Waals surface area contributed by atoms with E-state index in [1.807, 2.05) is 0 Å². The van der Waals surface area contributed by atoms with E-state index in [-0.39, 0.29) is 30.4 Å². The molecule has 1 fully saturated rings. The molecule has 1 aromatic carbocycles. The molecule has 0 aromatic heterocycles. The number of nitrogens with one attached hydrogen (secondary N) is 2. The zero-order chi connectivity index (χ0) is 19.6. The summed E-state index contributed by atoms with van der Waals surface area (Å²) in [5.74, 6) is 0.689. The summed E-state index contributed by atoms with van der Waals surface area (Å²) >= 11 is 4.43. The molecule has 2 amide bonds. The second kappa shape index (κ2) is 8.10. The zero-order valence-electron chi connectivity index (χ0n) is 15.3. The van der Waals surface area contributed by atoms with Gasteiger partial charge in [0, 0.05) is 29.8 Å². The first-order chi connectivity index (χ1) is 12.9. The van der Waals surface area contributed by atoms with Crippen molar-refractivity contribution in [3.05, 3.63) is 29.8 Å². The summed E-state index contributed by atoms with van der Waals surface area (Å²) in [4.78, 5) is 26.2. The van der Waals surface area contributed by atoms with Crippen LogP contribution in [-0.2, 0) is 9.59 Å². The Morgan fingerprint density at radius 3 is 2.74 bits per heavy atom. The van der Waals surface area contributed by atoms with Gasteiger partial charge in [-0.2, -0.15) is 0 Å². The average molecular weight is 392 g/mol. The Labute approximate surface area is 163 Å². The van der Waals surface area contributed by atoms with Gasteiger partial charge in [0.1, 0.15) is 17.0 Å². The molecule has 27 heavy (non-hydrogen) atoms. The number of nitrogens with two attached hydrogens (primary N) is 1. The van der Waals surface area contributed by atoms with Gasteiger partial charge in [0.25, 0.3) is 0 Å². The monoisotopic (exact) mass is 392 g/mol. The fraction of sp³-hybridized carbons (Fsp3) is 0.444. The molecule has 1 unspecified atom stereocenters. The second-order valence-electron chi connectivity index (χ2n) is 6.52. The topological polar surface area (TPSA) is 106 Å². The van der Waals surface area contributed by atoms with E-state index in [2.05, 4.69) is 23.3 Å². The highest BCUT2D eigenvalue weighted by atomic mass is 32.1. The van der Waals surface area contributed by atoms with Crippen molar-refractivity contribution in [3.8, 4) is 11.5 Å². The lowest BCUT2D eigenvalue weighted by molar-refractivity contribution is -0.124. The first kappa shape index (κ1) is 19.4. The van der Waals surface area contributed by atoms with Crippen LogP contribution in [0.25, 0.3) is 5.70 Å². The number of methoxy groups -OCH3 is 2. The van der Waals surface area contributed by atoms with Crippen molar-refractivity contribution in [3.63, 3.8) is 0 Å². The van der Waals surface area contributed by atoms with E-state index in [0.29, 0.717) is 22.8 Å². The SMILES string of the molecule is COc1ccc(C2=CC(=O)NC(S)N2CC(=O)N[C@H]2CC[C@@H]2N)c(OC)c1. The smallest absolute Gasteiger partial charge is 0.248 e. The van der Waals surface area contributed by atoms with E-state index in [0.717, 1.165) is 12.8 Å². The number of carbonyl (C=O) groups is 2. The predicted molar refractivity (Wildman–Crippen MR) is 104 cm³/mol. The lowest BCUT2D eigenvalue weighted by Gasteiger charge is -2.38. The molecule has 1 aliphatic heterocycles. The Balaban J connectivity index is 1.86. The van der Waals surface area contributed by atoms with Crippen molar-refractivity contribution in [2.75, 3.05) is 20.8 Å². The Morgan fingerprint density at radius 2 is 2.15 bits per heavy atom.